The van der Waals surface area contributed by atoms with Crippen molar-refractivity contribution in [3.05, 3.63) is 97.1 Å². The number of nitrogens with zero attached hydrogens (tertiary/aromatic N) is 4. The summed E-state index contributed by atoms with van der Waals surface area (Å²) in [6.45, 7) is -0.129. The van der Waals surface area contributed by atoms with Crippen LogP contribution in [0.1, 0.15) is 0 Å². The van der Waals surface area contributed by atoms with Crippen LogP contribution in [0.2, 0.25) is 0 Å². The lowest BCUT2D eigenvalue weighted by Crippen LogP contribution is -2.46. The maximum Gasteiger partial charge on any atom is 0.258 e. The lowest BCUT2D eigenvalue weighted by molar-refractivity contribution is -0.117. The summed E-state index contributed by atoms with van der Waals surface area (Å²) in [5.41, 5.74) is 0.364. The third-order valence-electron chi connectivity index (χ3n) is 5.80. The van der Waals surface area contributed by atoms with E-state index in [9.17, 15) is 9.59 Å². The van der Waals surface area contributed by atoms with Crippen LogP contribution >= 0.6 is 0 Å². The lowest BCUT2D eigenvalue weighted by atomic mass is 10.1. The summed E-state index contributed by atoms with van der Waals surface area (Å²) in [6, 6.07) is 23.6. The number of benzene rings is 3. The van der Waals surface area contributed by atoms with Crippen molar-refractivity contribution in [3.63, 3.8) is 0 Å². The predicted octanol–water partition coefficient (Wildman–Crippen LogP) is 3.84. The molecule has 3 aromatic carbocycles. The van der Waals surface area contributed by atoms with Gasteiger partial charge in [-0.3, -0.25) is 9.59 Å². The number of para-hydroxylation sites is 1. The smallest absolute Gasteiger partial charge is 0.258 e. The Hall–Kier alpha value is -4.36. The van der Waals surface area contributed by atoms with Gasteiger partial charge in [0, 0.05) is 5.56 Å². The number of fused-ring (bicyclic) bond motifs is 1. The predicted molar refractivity (Wildman–Crippen MR) is 124 cm³/mol. The van der Waals surface area contributed by atoms with Crippen LogP contribution in [0.4, 0.5) is 5.95 Å². The maximum atomic E-state index is 13.0. The number of anilines is 1. The van der Waals surface area contributed by atoms with E-state index in [1.165, 1.54) is 17.1 Å². The van der Waals surface area contributed by atoms with Gasteiger partial charge in [0.25, 0.3) is 5.91 Å². The lowest BCUT2D eigenvalue weighted by Gasteiger charge is -2.31. The van der Waals surface area contributed by atoms with E-state index in [0.717, 1.165) is 22.0 Å². The quantitative estimate of drug-likeness (QED) is 0.490. The molecule has 0 radical (unpaired) electrons. The highest BCUT2D eigenvalue weighted by atomic mass is 16.5. The molecule has 2 heterocycles. The summed E-state index contributed by atoms with van der Waals surface area (Å²) in [7, 11) is 0. The highest BCUT2D eigenvalue weighted by Crippen LogP contribution is 2.36. The van der Waals surface area contributed by atoms with Crippen LogP contribution in [0.3, 0.4) is 0 Å². The number of ketones is 1. The summed E-state index contributed by atoms with van der Waals surface area (Å²) in [5, 5.41) is 6.96. The van der Waals surface area contributed by atoms with Gasteiger partial charge in [-0.2, -0.15) is 9.67 Å². The fraction of sp³-hybridized carbons (Fsp3) is 0.0769. The van der Waals surface area contributed by atoms with Gasteiger partial charge in [0.1, 0.15) is 6.61 Å². The summed E-state index contributed by atoms with van der Waals surface area (Å²) in [6.07, 6.45) is 5.97. The number of hydrogen-bond donors (Lipinski definition) is 0. The molecule has 0 atom stereocenters. The van der Waals surface area contributed by atoms with E-state index < -0.39 is 5.72 Å². The largest absolute Gasteiger partial charge is 0.338 e. The average Bonchev–Trinajstić information content (AvgIpc) is 3.42. The Morgan fingerprint density at radius 3 is 2.36 bits per heavy atom. The van der Waals surface area contributed by atoms with Crippen molar-refractivity contribution in [2.45, 2.75) is 5.72 Å². The van der Waals surface area contributed by atoms with Gasteiger partial charge in [0.05, 0.1) is 5.69 Å². The Morgan fingerprint density at radius 1 is 0.848 bits per heavy atom. The maximum absolute atomic E-state index is 13.0. The van der Waals surface area contributed by atoms with Crippen LogP contribution in [-0.2, 0) is 14.3 Å². The van der Waals surface area contributed by atoms with Gasteiger partial charge in [0.2, 0.25) is 5.95 Å². The monoisotopic (exact) mass is 434 g/mol. The first kappa shape index (κ1) is 19.3. The summed E-state index contributed by atoms with van der Waals surface area (Å²) >= 11 is 0. The Kier molecular flexibility index (Phi) is 4.31. The van der Waals surface area contributed by atoms with E-state index in [1.54, 1.807) is 16.8 Å². The molecule has 6 rings (SSSR count). The molecule has 0 unspecified atom stereocenters. The van der Waals surface area contributed by atoms with Crippen molar-refractivity contribution < 1.29 is 14.3 Å². The Bertz CT molecular complexity index is 1450. The normalized spacial score (nSPS) is 16.9. The average molecular weight is 434 g/mol. The minimum absolute atomic E-state index is 0.129. The molecule has 1 amide bonds. The number of amides is 1. The molecule has 2 aliphatic rings. The molecule has 1 saturated heterocycles. The highest BCUT2D eigenvalue weighted by molar-refractivity contribution is 6.03. The van der Waals surface area contributed by atoms with Crippen LogP contribution in [0, 0.1) is 0 Å². The Labute approximate surface area is 189 Å². The van der Waals surface area contributed by atoms with Crippen molar-refractivity contribution >= 4 is 28.4 Å². The van der Waals surface area contributed by atoms with Crippen molar-refractivity contribution in [1.82, 2.24) is 14.8 Å². The molecule has 1 spiro atoms. The van der Waals surface area contributed by atoms with E-state index in [2.05, 4.69) is 0 Å². The molecular formula is C26H18N4O3. The van der Waals surface area contributed by atoms with Crippen molar-refractivity contribution in [2.75, 3.05) is 11.5 Å². The number of rotatable bonds is 3. The molecule has 1 aliphatic carbocycles. The standard InChI is InChI=1S/C26H18N4O3/c31-22-12-14-26(15-13-22)29(23(32)17-33-26)25-27-24(28-30(25)21-8-2-1-3-9-21)20-11-10-18-6-4-5-7-19(18)16-20/h1-16H,17H2. The molecule has 33 heavy (non-hydrogen) atoms. The number of hydrogen-bond acceptors (Lipinski definition) is 5. The second kappa shape index (κ2) is 7.36. The summed E-state index contributed by atoms with van der Waals surface area (Å²) in [5.74, 6) is 0.364. The highest BCUT2D eigenvalue weighted by Gasteiger charge is 2.48. The van der Waals surface area contributed by atoms with E-state index in [0.29, 0.717) is 11.8 Å². The number of aromatic nitrogens is 3. The van der Waals surface area contributed by atoms with Crippen LogP contribution in [0.5, 0.6) is 0 Å². The zero-order valence-electron chi connectivity index (χ0n) is 17.5. The summed E-state index contributed by atoms with van der Waals surface area (Å²) in [4.78, 5) is 31.0. The van der Waals surface area contributed by atoms with Crippen LogP contribution < -0.4 is 4.90 Å². The molecule has 7 nitrogen and oxygen atoms in total. The molecule has 4 aromatic rings. The fourth-order valence-corrected chi connectivity index (χ4v) is 4.17. The molecule has 0 N–H and O–H groups in total. The molecule has 1 aliphatic heterocycles. The first-order valence-corrected chi connectivity index (χ1v) is 10.5. The van der Waals surface area contributed by atoms with Gasteiger partial charge in [-0.15, -0.1) is 5.10 Å². The van der Waals surface area contributed by atoms with E-state index in [1.807, 2.05) is 72.8 Å². The van der Waals surface area contributed by atoms with Gasteiger partial charge in [-0.25, -0.2) is 4.90 Å². The minimum atomic E-state index is -1.22. The molecular weight excluding hydrogens is 416 g/mol. The van der Waals surface area contributed by atoms with Crippen molar-refractivity contribution in [1.29, 1.82) is 0 Å². The van der Waals surface area contributed by atoms with Gasteiger partial charge < -0.3 is 4.74 Å². The zero-order valence-corrected chi connectivity index (χ0v) is 17.5. The Morgan fingerprint density at radius 2 is 1.58 bits per heavy atom. The molecule has 1 aromatic heterocycles. The van der Waals surface area contributed by atoms with Crippen molar-refractivity contribution in [3.8, 4) is 17.1 Å². The number of ether oxygens (including phenoxy) is 1. The number of carbonyl (C=O) groups is 2. The topological polar surface area (TPSA) is 77.3 Å². The van der Waals surface area contributed by atoms with E-state index in [-0.39, 0.29) is 18.3 Å². The molecule has 0 bridgehead atoms. The number of carbonyl (C=O) groups excluding carboxylic acids is 2. The molecule has 7 heteroatoms. The van der Waals surface area contributed by atoms with Crippen LogP contribution in [0.15, 0.2) is 97.1 Å². The first-order valence-electron chi connectivity index (χ1n) is 10.5. The second-order valence-electron chi connectivity index (χ2n) is 7.88. The molecule has 0 saturated carbocycles. The third kappa shape index (κ3) is 3.18. The Balaban J connectivity index is 1.54. The fourth-order valence-electron chi connectivity index (χ4n) is 4.17. The third-order valence-corrected chi connectivity index (χ3v) is 5.80. The van der Waals surface area contributed by atoms with E-state index in [4.69, 9.17) is 14.8 Å². The zero-order chi connectivity index (χ0) is 22.4. The summed E-state index contributed by atoms with van der Waals surface area (Å²) < 4.78 is 7.48. The van der Waals surface area contributed by atoms with Gasteiger partial charge in [0.15, 0.2) is 17.3 Å². The van der Waals surface area contributed by atoms with Crippen molar-refractivity contribution in [2.24, 2.45) is 0 Å². The molecule has 1 fully saturated rings. The van der Waals surface area contributed by atoms with Gasteiger partial charge in [-0.1, -0.05) is 54.6 Å². The van der Waals surface area contributed by atoms with Gasteiger partial charge >= 0.3 is 0 Å². The number of allylic oxidation sites excluding steroid dienone is 2. The van der Waals surface area contributed by atoms with Crippen LogP contribution in [-0.4, -0.2) is 38.8 Å². The minimum Gasteiger partial charge on any atom is -0.338 e. The second-order valence-corrected chi connectivity index (χ2v) is 7.88. The first-order chi connectivity index (χ1) is 16.1. The van der Waals surface area contributed by atoms with E-state index >= 15 is 0 Å². The van der Waals surface area contributed by atoms with Gasteiger partial charge in [-0.05, 0) is 53.3 Å². The molecule has 160 valence electrons. The van der Waals surface area contributed by atoms with Crippen LogP contribution in [0.25, 0.3) is 27.8 Å². The SMILES string of the molecule is O=C1C=CC2(C=C1)OCC(=O)N2c1nc(-c2ccc3ccccc3c2)nn1-c1ccccc1.